The summed E-state index contributed by atoms with van der Waals surface area (Å²) in [6.45, 7) is 2.14. The number of fused-ring (bicyclic) bond motifs is 1. The molecule has 0 amide bonds. The third kappa shape index (κ3) is 1.76. The standard InChI is InChI=1S/C10H11BrClN/c1-13-5-4-7-2-3-9(12)10(11)8(7)6-13/h2-3H,4-6H2,1H3. The van der Waals surface area contributed by atoms with E-state index in [-0.39, 0.29) is 0 Å². The molecule has 0 spiro atoms. The van der Waals surface area contributed by atoms with E-state index in [1.54, 1.807) is 0 Å². The maximum absolute atomic E-state index is 6.03. The van der Waals surface area contributed by atoms with Crippen LogP contribution in [0.15, 0.2) is 16.6 Å². The van der Waals surface area contributed by atoms with Gasteiger partial charge in [-0.25, -0.2) is 0 Å². The molecule has 1 heterocycles. The lowest BCUT2D eigenvalue weighted by molar-refractivity contribution is 0.312. The largest absolute Gasteiger partial charge is 0.302 e. The molecule has 13 heavy (non-hydrogen) atoms. The van der Waals surface area contributed by atoms with Gasteiger partial charge in [0.1, 0.15) is 0 Å². The SMILES string of the molecule is CN1CCc2ccc(Cl)c(Br)c2C1. The first kappa shape index (κ1) is 9.50. The summed E-state index contributed by atoms with van der Waals surface area (Å²) in [4.78, 5) is 2.31. The number of nitrogens with zero attached hydrogens (tertiary/aromatic N) is 1. The van der Waals surface area contributed by atoms with Gasteiger partial charge in [-0.05, 0) is 46.6 Å². The maximum Gasteiger partial charge on any atom is 0.0551 e. The summed E-state index contributed by atoms with van der Waals surface area (Å²) >= 11 is 9.56. The molecule has 1 aromatic rings. The Morgan fingerprint density at radius 3 is 3.00 bits per heavy atom. The highest BCUT2D eigenvalue weighted by molar-refractivity contribution is 9.10. The van der Waals surface area contributed by atoms with Crippen LogP contribution < -0.4 is 0 Å². The third-order valence-corrected chi connectivity index (χ3v) is 3.93. The topological polar surface area (TPSA) is 3.24 Å². The summed E-state index contributed by atoms with van der Waals surface area (Å²) in [5.41, 5.74) is 2.77. The van der Waals surface area contributed by atoms with Gasteiger partial charge < -0.3 is 4.90 Å². The highest BCUT2D eigenvalue weighted by Crippen LogP contribution is 2.32. The predicted octanol–water partition coefficient (Wildman–Crippen LogP) is 3.09. The molecule has 0 unspecified atom stereocenters. The lowest BCUT2D eigenvalue weighted by atomic mass is 10.0. The van der Waals surface area contributed by atoms with Crippen molar-refractivity contribution in [2.24, 2.45) is 0 Å². The molecule has 1 nitrogen and oxygen atoms in total. The second-order valence-corrected chi connectivity index (χ2v) is 4.69. The smallest absolute Gasteiger partial charge is 0.0551 e. The van der Waals surface area contributed by atoms with E-state index in [1.807, 2.05) is 6.07 Å². The molecule has 0 aromatic heterocycles. The molecule has 0 atom stereocenters. The number of hydrogen-bond donors (Lipinski definition) is 0. The van der Waals surface area contributed by atoms with Crippen LogP contribution in [0.25, 0.3) is 0 Å². The molecular weight excluding hydrogens is 249 g/mol. The zero-order chi connectivity index (χ0) is 9.42. The minimum Gasteiger partial charge on any atom is -0.302 e. The number of likely N-dealkylation sites (N-methyl/N-ethyl adjacent to an activating group) is 1. The summed E-state index contributed by atoms with van der Waals surface area (Å²) in [5, 5.41) is 0.814. The van der Waals surface area contributed by atoms with E-state index in [1.165, 1.54) is 11.1 Å². The van der Waals surface area contributed by atoms with Gasteiger partial charge in [0.25, 0.3) is 0 Å². The molecule has 1 aromatic carbocycles. The molecule has 0 saturated carbocycles. The van der Waals surface area contributed by atoms with Crippen LogP contribution in [0, 0.1) is 0 Å². The Bertz CT molecular complexity index is 338. The van der Waals surface area contributed by atoms with Gasteiger partial charge in [0.2, 0.25) is 0 Å². The van der Waals surface area contributed by atoms with Crippen molar-refractivity contribution in [1.82, 2.24) is 4.90 Å². The number of hydrogen-bond acceptors (Lipinski definition) is 1. The highest BCUT2D eigenvalue weighted by atomic mass is 79.9. The van der Waals surface area contributed by atoms with Gasteiger partial charge in [-0.1, -0.05) is 17.7 Å². The van der Waals surface area contributed by atoms with E-state index in [0.717, 1.165) is 29.0 Å². The molecule has 0 bridgehead atoms. The molecular formula is C10H11BrClN. The van der Waals surface area contributed by atoms with E-state index < -0.39 is 0 Å². The first-order valence-corrected chi connectivity index (χ1v) is 5.50. The Labute approximate surface area is 91.8 Å². The maximum atomic E-state index is 6.03. The molecule has 0 radical (unpaired) electrons. The van der Waals surface area contributed by atoms with Gasteiger partial charge in [-0.15, -0.1) is 0 Å². The van der Waals surface area contributed by atoms with Crippen LogP contribution in [0.5, 0.6) is 0 Å². The number of halogens is 2. The Balaban J connectivity index is 2.48. The minimum atomic E-state index is 0.814. The summed E-state index contributed by atoms with van der Waals surface area (Å²) in [7, 11) is 2.14. The van der Waals surface area contributed by atoms with Gasteiger partial charge >= 0.3 is 0 Å². The second-order valence-electron chi connectivity index (χ2n) is 3.49. The molecule has 0 fully saturated rings. The van der Waals surface area contributed by atoms with E-state index >= 15 is 0 Å². The van der Waals surface area contributed by atoms with E-state index in [0.29, 0.717) is 0 Å². The molecule has 3 heteroatoms. The van der Waals surface area contributed by atoms with Crippen molar-refractivity contribution in [1.29, 1.82) is 0 Å². The fourth-order valence-corrected chi connectivity index (χ4v) is 2.39. The molecule has 1 aliphatic heterocycles. The molecule has 70 valence electrons. The highest BCUT2D eigenvalue weighted by Gasteiger charge is 2.16. The Morgan fingerprint density at radius 2 is 2.23 bits per heavy atom. The lowest BCUT2D eigenvalue weighted by Gasteiger charge is -2.26. The number of rotatable bonds is 0. The Hall–Kier alpha value is -0.0500. The Kier molecular flexibility index (Phi) is 2.63. The molecule has 0 saturated heterocycles. The van der Waals surface area contributed by atoms with Crippen molar-refractivity contribution >= 4 is 27.5 Å². The second kappa shape index (κ2) is 3.60. The molecule has 2 rings (SSSR count). The van der Waals surface area contributed by atoms with Crippen molar-refractivity contribution in [3.8, 4) is 0 Å². The lowest BCUT2D eigenvalue weighted by Crippen LogP contribution is -2.26. The van der Waals surface area contributed by atoms with Crippen molar-refractivity contribution in [2.45, 2.75) is 13.0 Å². The van der Waals surface area contributed by atoms with E-state index in [9.17, 15) is 0 Å². The monoisotopic (exact) mass is 259 g/mol. The van der Waals surface area contributed by atoms with Gasteiger partial charge in [0.15, 0.2) is 0 Å². The number of benzene rings is 1. The van der Waals surface area contributed by atoms with Crippen molar-refractivity contribution in [3.05, 3.63) is 32.8 Å². The zero-order valence-electron chi connectivity index (χ0n) is 7.48. The van der Waals surface area contributed by atoms with E-state index in [4.69, 9.17) is 11.6 Å². The fraction of sp³-hybridized carbons (Fsp3) is 0.400. The molecule has 0 aliphatic carbocycles. The van der Waals surface area contributed by atoms with Gasteiger partial charge in [0.05, 0.1) is 5.02 Å². The van der Waals surface area contributed by atoms with Crippen molar-refractivity contribution < 1.29 is 0 Å². The quantitative estimate of drug-likeness (QED) is 0.693. The van der Waals surface area contributed by atoms with Crippen molar-refractivity contribution in [2.75, 3.05) is 13.6 Å². The van der Waals surface area contributed by atoms with Crippen LogP contribution in [0.1, 0.15) is 11.1 Å². The van der Waals surface area contributed by atoms with E-state index in [2.05, 4.69) is 33.9 Å². The minimum absolute atomic E-state index is 0.814. The van der Waals surface area contributed by atoms with Crippen LogP contribution in [0.4, 0.5) is 0 Å². The Morgan fingerprint density at radius 1 is 1.46 bits per heavy atom. The first-order valence-electron chi connectivity index (χ1n) is 4.33. The summed E-state index contributed by atoms with van der Waals surface area (Å²) in [6.07, 6.45) is 1.13. The van der Waals surface area contributed by atoms with Crippen LogP contribution in [0.3, 0.4) is 0 Å². The molecule has 1 aliphatic rings. The summed E-state index contributed by atoms with van der Waals surface area (Å²) in [5.74, 6) is 0. The first-order chi connectivity index (χ1) is 6.18. The van der Waals surface area contributed by atoms with Crippen molar-refractivity contribution in [3.63, 3.8) is 0 Å². The summed E-state index contributed by atoms with van der Waals surface area (Å²) < 4.78 is 1.07. The van der Waals surface area contributed by atoms with Gasteiger partial charge in [-0.3, -0.25) is 0 Å². The van der Waals surface area contributed by atoms with Crippen LogP contribution in [-0.4, -0.2) is 18.5 Å². The third-order valence-electron chi connectivity index (χ3n) is 2.48. The zero-order valence-corrected chi connectivity index (χ0v) is 9.82. The average Bonchev–Trinajstić information content (AvgIpc) is 2.12. The fourth-order valence-electron chi connectivity index (χ4n) is 1.70. The molecule has 0 N–H and O–H groups in total. The van der Waals surface area contributed by atoms with Crippen LogP contribution >= 0.6 is 27.5 Å². The van der Waals surface area contributed by atoms with Crippen LogP contribution in [-0.2, 0) is 13.0 Å². The van der Waals surface area contributed by atoms with Gasteiger partial charge in [-0.2, -0.15) is 0 Å². The summed E-state index contributed by atoms with van der Waals surface area (Å²) in [6, 6.07) is 4.10. The normalized spacial score (nSPS) is 17.2. The van der Waals surface area contributed by atoms with Gasteiger partial charge in [0, 0.05) is 17.6 Å². The van der Waals surface area contributed by atoms with Crippen LogP contribution in [0.2, 0.25) is 5.02 Å². The predicted molar refractivity (Wildman–Crippen MR) is 59.2 cm³/mol. The average molecular weight is 261 g/mol.